The van der Waals surface area contributed by atoms with Gasteiger partial charge in [-0.05, 0) is 30.9 Å². The molecule has 0 fully saturated rings. The number of benzene rings is 1. The van der Waals surface area contributed by atoms with Gasteiger partial charge < -0.3 is 4.43 Å². The van der Waals surface area contributed by atoms with E-state index in [9.17, 15) is 0 Å². The van der Waals surface area contributed by atoms with Crippen LogP contribution in [0.5, 0.6) is 5.75 Å². The zero-order valence-electron chi connectivity index (χ0n) is 10.8. The zero-order chi connectivity index (χ0) is 12.2. The highest BCUT2D eigenvalue weighted by atomic mass is 28.4. The van der Waals surface area contributed by atoms with Gasteiger partial charge >= 0.3 is 0 Å². The Morgan fingerprint density at radius 1 is 1.12 bits per heavy atom. The first-order chi connectivity index (χ1) is 7.35. The fourth-order valence-corrected chi connectivity index (χ4v) is 12.4. The summed E-state index contributed by atoms with van der Waals surface area (Å²) >= 11 is 0. The highest BCUT2D eigenvalue weighted by molar-refractivity contribution is 6.95. The molecule has 3 heteroatoms. The van der Waals surface area contributed by atoms with Gasteiger partial charge in [-0.2, -0.15) is 0 Å². The maximum atomic E-state index is 6.17. The van der Waals surface area contributed by atoms with Gasteiger partial charge in [0.25, 0.3) is 0 Å². The van der Waals surface area contributed by atoms with Crippen LogP contribution >= 0.6 is 0 Å². The Hall–Kier alpha value is -0.806. The monoisotopic (exact) mass is 250 g/mol. The molecule has 0 aliphatic heterocycles. The minimum absolute atomic E-state index is 1.01. The van der Waals surface area contributed by atoms with E-state index >= 15 is 0 Å². The Balaban J connectivity index is 2.69. The van der Waals surface area contributed by atoms with Gasteiger partial charge in [-0.3, -0.25) is 0 Å². The molecule has 1 rings (SSSR count). The molecule has 0 amide bonds. The first-order valence-corrected chi connectivity index (χ1v) is 12.1. The molecule has 0 heterocycles. The van der Waals surface area contributed by atoms with Crippen LogP contribution in [0.25, 0.3) is 0 Å². The molecule has 16 heavy (non-hydrogen) atoms. The van der Waals surface area contributed by atoms with Crippen molar-refractivity contribution in [3.8, 4) is 5.75 Å². The largest absolute Gasteiger partial charge is 0.544 e. The lowest BCUT2D eigenvalue weighted by atomic mass is 10.3. The molecule has 0 bridgehead atoms. The number of para-hydroxylation sites is 1. The lowest BCUT2D eigenvalue weighted by Gasteiger charge is -2.30. The van der Waals surface area contributed by atoms with Gasteiger partial charge in [-0.15, -0.1) is 12.3 Å². The third kappa shape index (κ3) is 4.37. The Morgan fingerprint density at radius 2 is 1.69 bits per heavy atom. The predicted molar refractivity (Wildman–Crippen MR) is 77.0 cm³/mol. The highest BCUT2D eigenvalue weighted by Crippen LogP contribution is 2.24. The van der Waals surface area contributed by atoms with Crippen LogP contribution < -0.4 is 4.43 Å². The van der Waals surface area contributed by atoms with Crippen molar-refractivity contribution >= 4 is 16.4 Å². The van der Waals surface area contributed by atoms with Gasteiger partial charge in [0.1, 0.15) is 5.75 Å². The lowest BCUT2D eigenvalue weighted by molar-refractivity contribution is 0.554. The van der Waals surface area contributed by atoms with Crippen LogP contribution in [0.2, 0.25) is 31.9 Å². The normalized spacial score (nSPS) is 12.2. The summed E-state index contributed by atoms with van der Waals surface area (Å²) < 4.78 is 6.17. The minimum atomic E-state index is -1.61. The molecule has 0 aliphatic rings. The van der Waals surface area contributed by atoms with E-state index in [-0.39, 0.29) is 0 Å². The summed E-state index contributed by atoms with van der Waals surface area (Å²) in [5.41, 5.74) is 3.38. The number of hydrogen-bond acceptors (Lipinski definition) is 1. The van der Waals surface area contributed by atoms with Gasteiger partial charge in [-0.1, -0.05) is 31.3 Å². The maximum absolute atomic E-state index is 6.17. The van der Waals surface area contributed by atoms with Crippen LogP contribution in [0.4, 0.5) is 0 Å². The summed E-state index contributed by atoms with van der Waals surface area (Å²) in [6.45, 7) is 13.2. The summed E-state index contributed by atoms with van der Waals surface area (Å²) in [5, 5.41) is 0. The summed E-state index contributed by atoms with van der Waals surface area (Å²) in [5.74, 6) is 1.01. The quantitative estimate of drug-likeness (QED) is 0.710. The van der Waals surface area contributed by atoms with Crippen LogP contribution in [-0.2, 0) is 0 Å². The molecule has 0 unspecified atom stereocenters. The molecule has 0 atom stereocenters. The standard InChI is InChI=1S/C13H22OSi2/c1-6-15(2,3)12-16(4,5)14-13-10-8-7-9-11-13/h6-11H,1,12H2,2-5H3. The van der Waals surface area contributed by atoms with E-state index in [0.29, 0.717) is 0 Å². The molecule has 0 spiro atoms. The second-order valence-electron chi connectivity index (χ2n) is 5.54. The number of rotatable bonds is 5. The average molecular weight is 250 g/mol. The van der Waals surface area contributed by atoms with Crippen molar-refractivity contribution in [3.63, 3.8) is 0 Å². The van der Waals surface area contributed by atoms with Gasteiger partial charge in [-0.25, -0.2) is 0 Å². The number of hydrogen-bond donors (Lipinski definition) is 0. The van der Waals surface area contributed by atoms with E-state index in [1.54, 1.807) is 0 Å². The molecule has 0 aliphatic carbocycles. The first kappa shape index (κ1) is 13.3. The van der Waals surface area contributed by atoms with E-state index in [4.69, 9.17) is 4.43 Å². The van der Waals surface area contributed by atoms with Gasteiger partial charge in [0.15, 0.2) is 0 Å². The second-order valence-corrected chi connectivity index (χ2v) is 15.1. The topological polar surface area (TPSA) is 9.23 Å². The Labute approximate surface area is 101 Å². The van der Waals surface area contributed by atoms with Crippen LogP contribution in [0.1, 0.15) is 0 Å². The van der Waals surface area contributed by atoms with E-state index in [2.05, 4.69) is 38.5 Å². The van der Waals surface area contributed by atoms with Crippen molar-refractivity contribution in [1.29, 1.82) is 0 Å². The fraction of sp³-hybridized carbons (Fsp3) is 0.385. The maximum Gasteiger partial charge on any atom is 0.242 e. The third-order valence-electron chi connectivity index (χ3n) is 2.57. The molecule has 1 aromatic rings. The molecule has 0 aromatic heterocycles. The van der Waals surface area contributed by atoms with Crippen LogP contribution in [0.3, 0.4) is 0 Å². The van der Waals surface area contributed by atoms with Gasteiger partial charge in [0.2, 0.25) is 8.32 Å². The minimum Gasteiger partial charge on any atom is -0.544 e. The molecule has 0 N–H and O–H groups in total. The summed E-state index contributed by atoms with van der Waals surface area (Å²) in [6, 6.07) is 10.1. The molecule has 88 valence electrons. The Bertz CT molecular complexity index is 344. The SMILES string of the molecule is C=C[Si](C)(C)C[Si](C)(C)Oc1ccccc1. The first-order valence-electron chi connectivity index (χ1n) is 5.72. The molecule has 0 saturated carbocycles. The molecular weight excluding hydrogens is 228 g/mol. The van der Waals surface area contributed by atoms with Crippen molar-refractivity contribution in [1.82, 2.24) is 0 Å². The molecule has 0 radical (unpaired) electrons. The fourth-order valence-electron chi connectivity index (χ4n) is 2.01. The van der Waals surface area contributed by atoms with Crippen LogP contribution in [0.15, 0.2) is 42.6 Å². The lowest BCUT2D eigenvalue weighted by Crippen LogP contribution is -2.43. The van der Waals surface area contributed by atoms with Crippen molar-refractivity contribution in [2.75, 3.05) is 0 Å². The van der Waals surface area contributed by atoms with Crippen LogP contribution in [-0.4, -0.2) is 16.4 Å². The summed E-state index contributed by atoms with van der Waals surface area (Å²) in [6.07, 6.45) is 0. The van der Waals surface area contributed by atoms with Crippen molar-refractivity contribution in [2.45, 2.75) is 31.9 Å². The molecule has 1 nitrogen and oxygen atoms in total. The third-order valence-corrected chi connectivity index (χ3v) is 11.5. The second kappa shape index (κ2) is 5.02. The van der Waals surface area contributed by atoms with Gasteiger partial charge in [0, 0.05) is 0 Å². The highest BCUT2D eigenvalue weighted by Gasteiger charge is 2.32. The Morgan fingerprint density at radius 3 is 2.19 bits per heavy atom. The average Bonchev–Trinajstić information content (AvgIpc) is 2.17. The summed E-state index contributed by atoms with van der Waals surface area (Å²) in [7, 11) is -2.88. The van der Waals surface area contributed by atoms with Crippen molar-refractivity contribution in [3.05, 3.63) is 42.6 Å². The van der Waals surface area contributed by atoms with Gasteiger partial charge in [0.05, 0.1) is 8.07 Å². The Kier molecular flexibility index (Phi) is 4.16. The van der Waals surface area contributed by atoms with Crippen LogP contribution in [0, 0.1) is 0 Å². The summed E-state index contributed by atoms with van der Waals surface area (Å²) in [4.78, 5) is 0. The van der Waals surface area contributed by atoms with Crippen molar-refractivity contribution < 1.29 is 4.43 Å². The molecule has 1 aromatic carbocycles. The van der Waals surface area contributed by atoms with E-state index in [1.165, 1.54) is 5.67 Å². The van der Waals surface area contributed by atoms with Crippen molar-refractivity contribution in [2.24, 2.45) is 0 Å². The predicted octanol–water partition coefficient (Wildman–Crippen LogP) is 4.24. The smallest absolute Gasteiger partial charge is 0.242 e. The van der Waals surface area contributed by atoms with E-state index < -0.39 is 16.4 Å². The van der Waals surface area contributed by atoms with E-state index in [1.807, 2.05) is 30.3 Å². The molecule has 0 saturated heterocycles. The van der Waals surface area contributed by atoms with E-state index in [0.717, 1.165) is 5.75 Å². The zero-order valence-corrected chi connectivity index (χ0v) is 12.8. The molecular formula is C13H22OSi2.